The van der Waals surface area contributed by atoms with Crippen molar-refractivity contribution < 1.29 is 9.53 Å². The lowest BCUT2D eigenvalue weighted by atomic mass is 10.0. The molecule has 3 aromatic rings. The van der Waals surface area contributed by atoms with E-state index in [-0.39, 0.29) is 0 Å². The lowest BCUT2D eigenvalue weighted by molar-refractivity contribution is 0.0518. The Balaban J connectivity index is 1.76. The minimum absolute atomic E-state index is 0.294. The third kappa shape index (κ3) is 3.90. The van der Waals surface area contributed by atoms with E-state index < -0.39 is 5.97 Å². The van der Waals surface area contributed by atoms with Crippen LogP contribution in [0.15, 0.2) is 48.5 Å². The molecule has 25 heavy (non-hydrogen) atoms. The van der Waals surface area contributed by atoms with Crippen molar-refractivity contribution in [3.63, 3.8) is 0 Å². The number of carbonyl (C=O) groups is 1. The highest BCUT2D eigenvalue weighted by atomic mass is 32.1. The smallest absolute Gasteiger partial charge is 0.360 e. The molecule has 0 saturated carbocycles. The Morgan fingerprint density at radius 1 is 1.12 bits per heavy atom. The minimum atomic E-state index is -0.430. The quantitative estimate of drug-likeness (QED) is 0.654. The minimum Gasteiger partial charge on any atom is -0.461 e. The second-order valence-corrected chi connectivity index (χ2v) is 6.17. The van der Waals surface area contributed by atoms with E-state index in [0.717, 1.165) is 21.6 Å². The maximum absolute atomic E-state index is 11.9. The van der Waals surface area contributed by atoms with Crippen LogP contribution < -0.4 is 0 Å². The molecular formula is C19H15N3O2S. The highest BCUT2D eigenvalue weighted by Gasteiger charge is 2.17. The molecule has 0 aliphatic rings. The number of ether oxygens (including phenoxy) is 1. The van der Waals surface area contributed by atoms with Crippen molar-refractivity contribution in [1.29, 1.82) is 5.26 Å². The largest absolute Gasteiger partial charge is 0.461 e. The number of carbonyl (C=O) groups excluding carboxylic acids is 1. The fourth-order valence-corrected chi connectivity index (χ4v) is 3.08. The topological polar surface area (TPSA) is 75.9 Å². The van der Waals surface area contributed by atoms with Crippen molar-refractivity contribution in [3.05, 3.63) is 70.2 Å². The molecule has 0 spiro atoms. The molecular weight excluding hydrogens is 334 g/mol. The first kappa shape index (κ1) is 16.8. The fraction of sp³-hybridized carbons (Fsp3) is 0.158. The summed E-state index contributed by atoms with van der Waals surface area (Å²) in [5.41, 5.74) is 4.13. The van der Waals surface area contributed by atoms with Crippen LogP contribution in [0.1, 0.15) is 33.4 Å². The van der Waals surface area contributed by atoms with E-state index >= 15 is 0 Å². The maximum Gasteiger partial charge on any atom is 0.360 e. The van der Waals surface area contributed by atoms with Crippen molar-refractivity contribution in [2.75, 3.05) is 6.61 Å². The predicted octanol–water partition coefficient (Wildman–Crippen LogP) is 3.84. The highest BCUT2D eigenvalue weighted by Crippen LogP contribution is 2.23. The molecule has 0 aliphatic carbocycles. The van der Waals surface area contributed by atoms with Crippen LogP contribution in [0.4, 0.5) is 0 Å². The number of esters is 1. The van der Waals surface area contributed by atoms with Gasteiger partial charge in [-0.3, -0.25) is 0 Å². The van der Waals surface area contributed by atoms with Crippen LogP contribution in [0.2, 0.25) is 0 Å². The van der Waals surface area contributed by atoms with Gasteiger partial charge in [-0.15, -0.1) is 5.10 Å². The van der Waals surface area contributed by atoms with E-state index in [4.69, 9.17) is 10.00 Å². The second kappa shape index (κ2) is 7.69. The zero-order chi connectivity index (χ0) is 17.6. The van der Waals surface area contributed by atoms with Crippen molar-refractivity contribution in [3.8, 4) is 17.2 Å². The van der Waals surface area contributed by atoms with Crippen LogP contribution in [0.25, 0.3) is 11.1 Å². The van der Waals surface area contributed by atoms with Crippen molar-refractivity contribution in [1.82, 2.24) is 9.59 Å². The summed E-state index contributed by atoms with van der Waals surface area (Å²) in [5, 5.41) is 12.7. The summed E-state index contributed by atoms with van der Waals surface area (Å²) in [5.74, 6) is -0.430. The maximum atomic E-state index is 11.9. The molecule has 2 aromatic carbocycles. The monoisotopic (exact) mass is 349 g/mol. The Hall–Kier alpha value is -3.04. The first-order valence-corrected chi connectivity index (χ1v) is 8.56. The Kier molecular flexibility index (Phi) is 5.17. The summed E-state index contributed by atoms with van der Waals surface area (Å²) in [7, 11) is 0. The second-order valence-electron chi connectivity index (χ2n) is 5.33. The zero-order valence-corrected chi connectivity index (χ0v) is 14.4. The van der Waals surface area contributed by atoms with Gasteiger partial charge in [0.1, 0.15) is 0 Å². The molecule has 124 valence electrons. The van der Waals surface area contributed by atoms with Crippen LogP contribution in [0.3, 0.4) is 0 Å². The van der Waals surface area contributed by atoms with E-state index in [2.05, 4.69) is 15.7 Å². The van der Waals surface area contributed by atoms with Gasteiger partial charge in [0.25, 0.3) is 0 Å². The molecule has 1 aromatic heterocycles. The normalized spacial score (nSPS) is 10.2. The van der Waals surface area contributed by atoms with Crippen molar-refractivity contribution >= 4 is 17.5 Å². The summed E-state index contributed by atoms with van der Waals surface area (Å²) in [6.45, 7) is 2.08. The van der Waals surface area contributed by atoms with Gasteiger partial charge in [0.2, 0.25) is 0 Å². The molecule has 0 fully saturated rings. The summed E-state index contributed by atoms with van der Waals surface area (Å²) < 4.78 is 8.87. The summed E-state index contributed by atoms with van der Waals surface area (Å²) in [4.78, 5) is 12.7. The Morgan fingerprint density at radius 2 is 1.76 bits per heavy atom. The molecule has 0 atom stereocenters. The number of aromatic nitrogens is 2. The molecule has 1 heterocycles. The average Bonchev–Trinajstić information content (AvgIpc) is 3.11. The molecule has 0 saturated heterocycles. The van der Waals surface area contributed by atoms with Crippen LogP contribution >= 0.6 is 11.5 Å². The number of nitriles is 1. The molecule has 3 rings (SSSR count). The van der Waals surface area contributed by atoms with Crippen molar-refractivity contribution in [2.45, 2.75) is 13.3 Å². The summed E-state index contributed by atoms with van der Waals surface area (Å²) in [6.07, 6.45) is 0.583. The van der Waals surface area contributed by atoms with Gasteiger partial charge in [-0.2, -0.15) is 5.26 Å². The van der Waals surface area contributed by atoms with Gasteiger partial charge < -0.3 is 4.74 Å². The lowest BCUT2D eigenvalue weighted by Crippen LogP contribution is -2.08. The highest BCUT2D eigenvalue weighted by molar-refractivity contribution is 7.05. The molecule has 5 nitrogen and oxygen atoms in total. The zero-order valence-electron chi connectivity index (χ0n) is 13.6. The average molecular weight is 349 g/mol. The van der Waals surface area contributed by atoms with Gasteiger partial charge in [-0.25, -0.2) is 4.79 Å². The summed E-state index contributed by atoms with van der Waals surface area (Å²) in [6, 6.07) is 17.7. The van der Waals surface area contributed by atoms with Crippen LogP contribution in [-0.2, 0) is 11.2 Å². The predicted molar refractivity (Wildman–Crippen MR) is 95.3 cm³/mol. The first-order valence-electron chi connectivity index (χ1n) is 7.79. The molecule has 6 heteroatoms. The van der Waals surface area contributed by atoms with Gasteiger partial charge in [-0.1, -0.05) is 40.9 Å². The third-order valence-electron chi connectivity index (χ3n) is 3.69. The van der Waals surface area contributed by atoms with Crippen LogP contribution in [0.5, 0.6) is 0 Å². The first-order chi connectivity index (χ1) is 12.2. The molecule has 0 amide bonds. The fourth-order valence-electron chi connectivity index (χ4n) is 2.42. The Bertz CT molecular complexity index is 909. The number of nitrogens with zero attached hydrogens (tertiary/aromatic N) is 3. The molecule has 0 N–H and O–H groups in total. The van der Waals surface area contributed by atoms with E-state index in [0.29, 0.717) is 24.3 Å². The lowest BCUT2D eigenvalue weighted by Gasteiger charge is -2.05. The standard InChI is InChI=1S/C19H15N3O2S/c1-2-24-19(23)18-17(25-22-21-18)11-13-3-7-15(8-4-13)16-9-5-14(12-20)6-10-16/h3-10H,2,11H2,1H3. The Morgan fingerprint density at radius 3 is 2.36 bits per heavy atom. The molecule has 0 aliphatic heterocycles. The van der Waals surface area contributed by atoms with Gasteiger partial charge in [0.15, 0.2) is 5.69 Å². The molecule has 0 radical (unpaired) electrons. The van der Waals surface area contributed by atoms with Gasteiger partial charge >= 0.3 is 5.97 Å². The van der Waals surface area contributed by atoms with Crippen molar-refractivity contribution in [2.24, 2.45) is 0 Å². The number of hydrogen-bond donors (Lipinski definition) is 0. The SMILES string of the molecule is CCOC(=O)c1nnsc1Cc1ccc(-c2ccc(C#N)cc2)cc1. The number of rotatable bonds is 5. The molecule has 0 bridgehead atoms. The van der Waals surface area contributed by atoms with Gasteiger partial charge in [0.05, 0.1) is 23.1 Å². The van der Waals surface area contributed by atoms with E-state index in [1.165, 1.54) is 11.5 Å². The van der Waals surface area contributed by atoms with Gasteiger partial charge in [0, 0.05) is 6.42 Å². The van der Waals surface area contributed by atoms with Crippen LogP contribution in [-0.4, -0.2) is 22.2 Å². The van der Waals surface area contributed by atoms with E-state index in [1.807, 2.05) is 36.4 Å². The van der Waals surface area contributed by atoms with E-state index in [9.17, 15) is 4.79 Å². The number of hydrogen-bond acceptors (Lipinski definition) is 6. The number of benzene rings is 2. The third-order valence-corrected chi connectivity index (χ3v) is 4.41. The summed E-state index contributed by atoms with van der Waals surface area (Å²) >= 11 is 1.21. The van der Waals surface area contributed by atoms with Gasteiger partial charge in [-0.05, 0) is 47.3 Å². The Labute approximate surface area is 149 Å². The van der Waals surface area contributed by atoms with Crippen LogP contribution in [0, 0.1) is 11.3 Å². The van der Waals surface area contributed by atoms with E-state index in [1.54, 1.807) is 19.1 Å². The molecule has 0 unspecified atom stereocenters.